The number of ether oxygens (including phenoxy) is 2. The Morgan fingerprint density at radius 3 is 3.00 bits per heavy atom. The van der Waals surface area contributed by atoms with Gasteiger partial charge in [0.25, 0.3) is 0 Å². The summed E-state index contributed by atoms with van der Waals surface area (Å²) in [6.07, 6.45) is 1.75. The maximum absolute atomic E-state index is 11.6. The third-order valence-electron chi connectivity index (χ3n) is 3.83. The highest BCUT2D eigenvalue weighted by molar-refractivity contribution is 5.68. The SMILES string of the molecule is O=C(NC1CC12CCOC2)OCc1ccccc1. The van der Waals surface area contributed by atoms with Crippen LogP contribution in [0.4, 0.5) is 4.79 Å². The first kappa shape index (κ1) is 11.5. The van der Waals surface area contributed by atoms with Gasteiger partial charge >= 0.3 is 6.09 Å². The van der Waals surface area contributed by atoms with Gasteiger partial charge in [-0.05, 0) is 18.4 Å². The zero-order valence-electron chi connectivity index (χ0n) is 10.2. The molecule has 1 amide bonds. The zero-order chi connectivity index (χ0) is 12.4. The molecule has 18 heavy (non-hydrogen) atoms. The van der Waals surface area contributed by atoms with Gasteiger partial charge in [-0.3, -0.25) is 0 Å². The van der Waals surface area contributed by atoms with Crippen LogP contribution in [0, 0.1) is 5.41 Å². The van der Waals surface area contributed by atoms with Crippen molar-refractivity contribution in [2.24, 2.45) is 5.41 Å². The molecule has 1 heterocycles. The maximum Gasteiger partial charge on any atom is 0.407 e. The predicted octanol–water partition coefficient (Wildman–Crippen LogP) is 2.09. The normalized spacial score (nSPS) is 29.2. The minimum Gasteiger partial charge on any atom is -0.445 e. The first-order valence-corrected chi connectivity index (χ1v) is 6.33. The van der Waals surface area contributed by atoms with Crippen LogP contribution in [0.25, 0.3) is 0 Å². The van der Waals surface area contributed by atoms with Crippen molar-refractivity contribution in [3.05, 3.63) is 35.9 Å². The third kappa shape index (κ3) is 2.34. The van der Waals surface area contributed by atoms with Crippen LogP contribution in [0.2, 0.25) is 0 Å². The zero-order valence-corrected chi connectivity index (χ0v) is 10.2. The van der Waals surface area contributed by atoms with Crippen LogP contribution in [0.15, 0.2) is 30.3 Å². The molecule has 2 unspecified atom stereocenters. The van der Waals surface area contributed by atoms with Crippen LogP contribution in [0.5, 0.6) is 0 Å². The van der Waals surface area contributed by atoms with Crippen LogP contribution < -0.4 is 5.32 Å². The summed E-state index contributed by atoms with van der Waals surface area (Å²) in [5.74, 6) is 0. The molecule has 1 saturated carbocycles. The van der Waals surface area contributed by atoms with Crippen molar-refractivity contribution in [2.45, 2.75) is 25.5 Å². The summed E-state index contributed by atoms with van der Waals surface area (Å²) >= 11 is 0. The molecular formula is C14H17NO3. The van der Waals surface area contributed by atoms with Crippen molar-refractivity contribution in [1.29, 1.82) is 0 Å². The Morgan fingerprint density at radius 1 is 1.44 bits per heavy atom. The molecule has 1 aliphatic heterocycles. The summed E-state index contributed by atoms with van der Waals surface area (Å²) in [6, 6.07) is 9.93. The number of amides is 1. The Balaban J connectivity index is 1.43. The van der Waals surface area contributed by atoms with E-state index in [9.17, 15) is 4.79 Å². The van der Waals surface area contributed by atoms with E-state index in [-0.39, 0.29) is 17.6 Å². The average Bonchev–Trinajstić information content (AvgIpc) is 2.84. The van der Waals surface area contributed by atoms with Crippen molar-refractivity contribution in [2.75, 3.05) is 13.2 Å². The Kier molecular flexibility index (Phi) is 2.96. The van der Waals surface area contributed by atoms with Gasteiger partial charge in [-0.1, -0.05) is 30.3 Å². The van der Waals surface area contributed by atoms with Gasteiger partial charge in [0.2, 0.25) is 0 Å². The summed E-state index contributed by atoms with van der Waals surface area (Å²) in [5, 5.41) is 2.92. The van der Waals surface area contributed by atoms with Gasteiger partial charge < -0.3 is 14.8 Å². The lowest BCUT2D eigenvalue weighted by Gasteiger charge is -2.09. The van der Waals surface area contributed by atoms with E-state index in [2.05, 4.69) is 5.32 Å². The van der Waals surface area contributed by atoms with Crippen LogP contribution in [0.1, 0.15) is 18.4 Å². The summed E-state index contributed by atoms with van der Waals surface area (Å²) in [5.41, 5.74) is 1.22. The lowest BCUT2D eigenvalue weighted by Crippen LogP contribution is -2.30. The highest BCUT2D eigenvalue weighted by Gasteiger charge is 2.57. The Labute approximate surface area is 106 Å². The monoisotopic (exact) mass is 247 g/mol. The van der Waals surface area contributed by atoms with E-state index in [0.717, 1.165) is 31.6 Å². The van der Waals surface area contributed by atoms with Crippen LogP contribution in [-0.2, 0) is 16.1 Å². The molecular weight excluding hydrogens is 230 g/mol. The lowest BCUT2D eigenvalue weighted by atomic mass is 10.1. The standard InChI is InChI=1S/C14H17NO3/c16-13(18-9-11-4-2-1-3-5-11)15-12-8-14(12)6-7-17-10-14/h1-5,12H,6-10H2,(H,15,16). The largest absolute Gasteiger partial charge is 0.445 e. The molecule has 0 bridgehead atoms. The van der Waals surface area contributed by atoms with E-state index in [0.29, 0.717) is 6.61 Å². The van der Waals surface area contributed by atoms with Gasteiger partial charge in [0, 0.05) is 18.1 Å². The van der Waals surface area contributed by atoms with Crippen molar-refractivity contribution < 1.29 is 14.3 Å². The fourth-order valence-corrected chi connectivity index (χ4v) is 2.52. The van der Waals surface area contributed by atoms with E-state index in [1.165, 1.54) is 0 Å². The molecule has 1 spiro atoms. The highest BCUT2D eigenvalue weighted by Crippen LogP contribution is 2.52. The van der Waals surface area contributed by atoms with E-state index in [4.69, 9.17) is 9.47 Å². The van der Waals surface area contributed by atoms with E-state index in [1.807, 2.05) is 30.3 Å². The predicted molar refractivity (Wildman–Crippen MR) is 66.0 cm³/mol. The van der Waals surface area contributed by atoms with Crippen molar-refractivity contribution in [3.8, 4) is 0 Å². The molecule has 96 valence electrons. The fourth-order valence-electron chi connectivity index (χ4n) is 2.52. The molecule has 0 radical (unpaired) electrons. The molecule has 1 aromatic rings. The number of nitrogens with one attached hydrogen (secondary N) is 1. The van der Waals surface area contributed by atoms with Crippen LogP contribution >= 0.6 is 0 Å². The molecule has 1 N–H and O–H groups in total. The number of carbonyl (C=O) groups excluding carboxylic acids is 1. The molecule has 1 aliphatic carbocycles. The molecule has 2 aliphatic rings. The summed E-state index contributed by atoms with van der Waals surface area (Å²) in [6.45, 7) is 1.91. The molecule has 4 nitrogen and oxygen atoms in total. The Morgan fingerprint density at radius 2 is 2.28 bits per heavy atom. The van der Waals surface area contributed by atoms with Gasteiger partial charge in [-0.2, -0.15) is 0 Å². The number of benzene rings is 1. The third-order valence-corrected chi connectivity index (χ3v) is 3.83. The molecule has 3 rings (SSSR count). The number of hydrogen-bond acceptors (Lipinski definition) is 3. The summed E-state index contributed by atoms with van der Waals surface area (Å²) in [7, 11) is 0. The van der Waals surface area contributed by atoms with Crippen molar-refractivity contribution >= 4 is 6.09 Å². The second-order valence-corrected chi connectivity index (χ2v) is 5.13. The van der Waals surface area contributed by atoms with Gasteiger partial charge in [0.1, 0.15) is 6.61 Å². The maximum atomic E-state index is 11.6. The average molecular weight is 247 g/mol. The Hall–Kier alpha value is -1.55. The smallest absolute Gasteiger partial charge is 0.407 e. The first-order valence-electron chi connectivity index (χ1n) is 6.33. The molecule has 2 fully saturated rings. The van der Waals surface area contributed by atoms with E-state index in [1.54, 1.807) is 0 Å². The number of carbonyl (C=O) groups is 1. The van der Waals surface area contributed by atoms with Gasteiger partial charge in [-0.25, -0.2) is 4.79 Å². The second-order valence-electron chi connectivity index (χ2n) is 5.13. The lowest BCUT2D eigenvalue weighted by molar-refractivity contribution is 0.136. The van der Waals surface area contributed by atoms with E-state index < -0.39 is 0 Å². The fraction of sp³-hybridized carbons (Fsp3) is 0.500. The topological polar surface area (TPSA) is 47.6 Å². The van der Waals surface area contributed by atoms with Crippen molar-refractivity contribution in [3.63, 3.8) is 0 Å². The number of hydrogen-bond donors (Lipinski definition) is 1. The van der Waals surface area contributed by atoms with Crippen LogP contribution in [0.3, 0.4) is 0 Å². The molecule has 2 atom stereocenters. The molecule has 1 aromatic carbocycles. The van der Waals surface area contributed by atoms with Crippen molar-refractivity contribution in [1.82, 2.24) is 5.32 Å². The van der Waals surface area contributed by atoms with E-state index >= 15 is 0 Å². The van der Waals surface area contributed by atoms with Gasteiger partial charge in [0.15, 0.2) is 0 Å². The first-order chi connectivity index (χ1) is 8.78. The van der Waals surface area contributed by atoms with Gasteiger partial charge in [0.05, 0.1) is 6.61 Å². The summed E-state index contributed by atoms with van der Waals surface area (Å²) in [4.78, 5) is 11.6. The quantitative estimate of drug-likeness (QED) is 0.889. The molecule has 0 aromatic heterocycles. The minimum absolute atomic E-state index is 0.214. The summed E-state index contributed by atoms with van der Waals surface area (Å²) < 4.78 is 10.6. The van der Waals surface area contributed by atoms with Gasteiger partial charge in [-0.15, -0.1) is 0 Å². The number of rotatable bonds is 3. The minimum atomic E-state index is -0.326. The number of alkyl carbamates (subject to hydrolysis) is 1. The second kappa shape index (κ2) is 4.61. The molecule has 1 saturated heterocycles. The highest BCUT2D eigenvalue weighted by atomic mass is 16.5. The Bertz CT molecular complexity index is 426. The van der Waals surface area contributed by atoms with Crippen LogP contribution in [-0.4, -0.2) is 25.3 Å². The molecule has 4 heteroatoms.